The number of benzene rings is 2. The van der Waals surface area contributed by atoms with Crippen LogP contribution in [0.1, 0.15) is 5.56 Å². The van der Waals surface area contributed by atoms with Gasteiger partial charge in [0, 0.05) is 11.3 Å². The maximum absolute atomic E-state index is 8.63. The summed E-state index contributed by atoms with van der Waals surface area (Å²) in [4.78, 5) is 0. The third-order valence-electron chi connectivity index (χ3n) is 1.81. The van der Waals surface area contributed by atoms with Crippen LogP contribution in [-0.4, -0.2) is 5.11 Å². The smallest absolute Gasteiger partial charge is 0.115 e. The molecule has 2 rings (SSSR count). The monoisotopic (exact) mass is 211 g/mol. The highest BCUT2D eigenvalue weighted by Crippen LogP contribution is 2.03. The largest absolute Gasteiger partial charge is 0.508 e. The number of hydrogen-bond acceptors (Lipinski definition) is 2. The van der Waals surface area contributed by atoms with Gasteiger partial charge in [-0.05, 0) is 30.3 Å². The van der Waals surface area contributed by atoms with Crippen molar-refractivity contribution in [2.45, 2.75) is 0 Å². The molecule has 16 heavy (non-hydrogen) atoms. The van der Waals surface area contributed by atoms with E-state index in [-0.39, 0.29) is 0 Å². The second kappa shape index (κ2) is 6.15. The maximum Gasteiger partial charge on any atom is 0.115 e. The van der Waals surface area contributed by atoms with Crippen LogP contribution in [0.4, 0.5) is 5.69 Å². The SMILES string of the molecule is C#Cc1cccc(N)c1.Oc1ccccc1. The van der Waals surface area contributed by atoms with E-state index < -0.39 is 0 Å². The van der Waals surface area contributed by atoms with Crippen LogP contribution >= 0.6 is 0 Å². The number of terminal acetylenes is 1. The van der Waals surface area contributed by atoms with E-state index in [1.807, 2.05) is 18.2 Å². The van der Waals surface area contributed by atoms with Gasteiger partial charge in [0.05, 0.1) is 0 Å². The quantitative estimate of drug-likeness (QED) is 0.520. The molecule has 0 amide bonds. The second-order valence-electron chi connectivity index (χ2n) is 3.11. The summed E-state index contributed by atoms with van der Waals surface area (Å²) in [6.07, 6.45) is 5.11. The number of hydrogen-bond donors (Lipinski definition) is 2. The van der Waals surface area contributed by atoms with Crippen molar-refractivity contribution in [1.29, 1.82) is 0 Å². The van der Waals surface area contributed by atoms with Gasteiger partial charge in [-0.2, -0.15) is 0 Å². The van der Waals surface area contributed by atoms with E-state index in [9.17, 15) is 0 Å². The molecule has 0 aromatic heterocycles. The minimum absolute atomic E-state index is 0.322. The topological polar surface area (TPSA) is 46.2 Å². The van der Waals surface area contributed by atoms with Gasteiger partial charge in [0.1, 0.15) is 5.75 Å². The molecule has 2 heteroatoms. The molecule has 0 spiro atoms. The lowest BCUT2D eigenvalue weighted by atomic mass is 10.2. The normalized spacial score (nSPS) is 8.44. The number of rotatable bonds is 0. The van der Waals surface area contributed by atoms with Crippen molar-refractivity contribution in [3.63, 3.8) is 0 Å². The fraction of sp³-hybridized carbons (Fsp3) is 0. The Hall–Kier alpha value is -2.40. The summed E-state index contributed by atoms with van der Waals surface area (Å²) in [7, 11) is 0. The number of para-hydroxylation sites is 1. The molecule has 0 bridgehead atoms. The highest BCUT2D eigenvalue weighted by atomic mass is 16.3. The summed E-state index contributed by atoms with van der Waals surface area (Å²) in [5.74, 6) is 2.81. The Morgan fingerprint density at radius 2 is 1.69 bits per heavy atom. The van der Waals surface area contributed by atoms with Crippen molar-refractivity contribution < 1.29 is 5.11 Å². The lowest BCUT2D eigenvalue weighted by Crippen LogP contribution is -1.83. The average Bonchev–Trinajstić information content (AvgIpc) is 2.31. The van der Waals surface area contributed by atoms with Crippen LogP contribution in [-0.2, 0) is 0 Å². The fourth-order valence-electron chi connectivity index (χ4n) is 1.06. The molecule has 0 heterocycles. The van der Waals surface area contributed by atoms with Crippen LogP contribution in [0.15, 0.2) is 54.6 Å². The van der Waals surface area contributed by atoms with Crippen molar-refractivity contribution in [3.8, 4) is 18.1 Å². The summed E-state index contributed by atoms with van der Waals surface area (Å²) in [5, 5.41) is 8.63. The third-order valence-corrected chi connectivity index (χ3v) is 1.81. The molecule has 0 aliphatic carbocycles. The molecule has 0 fully saturated rings. The number of anilines is 1. The molecule has 0 unspecified atom stereocenters. The third kappa shape index (κ3) is 4.21. The fourth-order valence-corrected chi connectivity index (χ4v) is 1.06. The average molecular weight is 211 g/mol. The first kappa shape index (κ1) is 11.7. The molecule has 0 saturated heterocycles. The molecule has 2 aromatic rings. The Bertz CT molecular complexity index is 472. The van der Waals surface area contributed by atoms with Crippen LogP contribution in [0.2, 0.25) is 0 Å². The van der Waals surface area contributed by atoms with Gasteiger partial charge in [0.2, 0.25) is 0 Å². The van der Waals surface area contributed by atoms with E-state index in [2.05, 4.69) is 5.92 Å². The predicted octanol–water partition coefficient (Wildman–Crippen LogP) is 2.64. The van der Waals surface area contributed by atoms with Gasteiger partial charge in [-0.1, -0.05) is 30.2 Å². The van der Waals surface area contributed by atoms with Gasteiger partial charge < -0.3 is 10.8 Å². The summed E-state index contributed by atoms with van der Waals surface area (Å²) < 4.78 is 0. The first-order valence-corrected chi connectivity index (χ1v) is 4.78. The zero-order chi connectivity index (χ0) is 11.8. The number of aromatic hydroxyl groups is 1. The van der Waals surface area contributed by atoms with E-state index in [0.717, 1.165) is 5.56 Å². The minimum Gasteiger partial charge on any atom is -0.508 e. The zero-order valence-electron chi connectivity index (χ0n) is 8.80. The van der Waals surface area contributed by atoms with Gasteiger partial charge >= 0.3 is 0 Å². The first-order valence-electron chi connectivity index (χ1n) is 4.78. The van der Waals surface area contributed by atoms with Crippen molar-refractivity contribution >= 4 is 5.69 Å². The molecule has 0 aliphatic rings. The summed E-state index contributed by atoms with van der Waals surface area (Å²) >= 11 is 0. The zero-order valence-corrected chi connectivity index (χ0v) is 8.80. The first-order chi connectivity index (χ1) is 7.72. The van der Waals surface area contributed by atoms with Crippen LogP contribution in [0, 0.1) is 12.3 Å². The number of nitrogen functional groups attached to an aromatic ring is 1. The van der Waals surface area contributed by atoms with E-state index in [4.69, 9.17) is 17.3 Å². The van der Waals surface area contributed by atoms with Gasteiger partial charge in [0.25, 0.3) is 0 Å². The van der Waals surface area contributed by atoms with Crippen molar-refractivity contribution in [3.05, 3.63) is 60.2 Å². The molecule has 80 valence electrons. The van der Waals surface area contributed by atoms with Gasteiger partial charge in [0.15, 0.2) is 0 Å². The highest BCUT2D eigenvalue weighted by Gasteiger charge is 1.84. The molecule has 0 atom stereocenters. The van der Waals surface area contributed by atoms with Gasteiger partial charge in [-0.25, -0.2) is 0 Å². The molecule has 2 aromatic carbocycles. The number of nitrogens with two attached hydrogens (primary N) is 1. The molecule has 2 nitrogen and oxygen atoms in total. The van der Waals surface area contributed by atoms with Gasteiger partial charge in [-0.3, -0.25) is 0 Å². The van der Waals surface area contributed by atoms with Crippen molar-refractivity contribution in [1.82, 2.24) is 0 Å². The van der Waals surface area contributed by atoms with Gasteiger partial charge in [-0.15, -0.1) is 6.42 Å². The Morgan fingerprint density at radius 1 is 1.00 bits per heavy atom. The summed E-state index contributed by atoms with van der Waals surface area (Å²) in [6.45, 7) is 0. The Balaban J connectivity index is 0.000000165. The van der Waals surface area contributed by atoms with Crippen LogP contribution < -0.4 is 5.73 Å². The van der Waals surface area contributed by atoms with Crippen LogP contribution in [0.25, 0.3) is 0 Å². The molecular formula is C14H13NO. The van der Waals surface area contributed by atoms with E-state index in [0.29, 0.717) is 11.4 Å². The Kier molecular flexibility index (Phi) is 4.49. The minimum atomic E-state index is 0.322. The Morgan fingerprint density at radius 3 is 2.06 bits per heavy atom. The molecule has 0 saturated carbocycles. The number of phenolic OH excluding ortho intramolecular Hbond substituents is 1. The molecule has 0 radical (unpaired) electrons. The lowest BCUT2D eigenvalue weighted by Gasteiger charge is -1.90. The lowest BCUT2D eigenvalue weighted by molar-refractivity contribution is 0.475. The predicted molar refractivity (Wildman–Crippen MR) is 66.9 cm³/mol. The van der Waals surface area contributed by atoms with E-state index >= 15 is 0 Å². The summed E-state index contributed by atoms with van der Waals surface area (Å²) in [6, 6.07) is 16.0. The van der Waals surface area contributed by atoms with Crippen molar-refractivity contribution in [2.24, 2.45) is 0 Å². The maximum atomic E-state index is 8.63. The highest BCUT2D eigenvalue weighted by molar-refractivity contribution is 5.46. The number of phenols is 1. The van der Waals surface area contributed by atoms with Crippen molar-refractivity contribution in [2.75, 3.05) is 5.73 Å². The van der Waals surface area contributed by atoms with Crippen LogP contribution in [0.5, 0.6) is 5.75 Å². The second-order valence-corrected chi connectivity index (χ2v) is 3.11. The molecule has 0 aliphatic heterocycles. The summed E-state index contributed by atoms with van der Waals surface area (Å²) in [5.41, 5.74) is 6.98. The van der Waals surface area contributed by atoms with E-state index in [1.165, 1.54) is 0 Å². The molecular weight excluding hydrogens is 198 g/mol. The van der Waals surface area contributed by atoms with E-state index in [1.54, 1.807) is 36.4 Å². The van der Waals surface area contributed by atoms with Crippen LogP contribution in [0.3, 0.4) is 0 Å². The molecule has 3 N–H and O–H groups in total. The Labute approximate surface area is 95.4 Å². The standard InChI is InChI=1S/C8H7N.C6H6O/c1-2-7-4-3-5-8(9)6-7;7-6-4-2-1-3-5-6/h1,3-6H,9H2;1-5,7H.